The molecule has 0 rings (SSSR count). The minimum absolute atomic E-state index is 0.219. The van der Waals surface area contributed by atoms with E-state index in [-0.39, 0.29) is 5.92 Å². The van der Waals surface area contributed by atoms with E-state index in [4.69, 9.17) is 0 Å². The van der Waals surface area contributed by atoms with Crippen LogP contribution in [0.1, 0.15) is 52.9 Å². The van der Waals surface area contributed by atoms with E-state index in [1.807, 2.05) is 13.8 Å². The van der Waals surface area contributed by atoms with E-state index in [2.05, 4.69) is 12.2 Å². The van der Waals surface area contributed by atoms with E-state index in [0.29, 0.717) is 5.78 Å². The van der Waals surface area contributed by atoms with Gasteiger partial charge in [-0.25, -0.2) is 0 Å². The Morgan fingerprint density at radius 1 is 1.14 bits per heavy atom. The molecule has 0 heterocycles. The summed E-state index contributed by atoms with van der Waals surface area (Å²) in [5.41, 5.74) is 0. The predicted molar refractivity (Wildman–Crippen MR) is 61.5 cm³/mol. The van der Waals surface area contributed by atoms with Crippen LogP contribution in [0.3, 0.4) is 0 Å². The molecule has 0 aliphatic carbocycles. The summed E-state index contributed by atoms with van der Waals surface area (Å²) in [5.74, 6) is 0.633. The van der Waals surface area contributed by atoms with Gasteiger partial charge in [-0.3, -0.25) is 4.79 Å². The van der Waals surface area contributed by atoms with Crippen molar-refractivity contribution in [3.05, 3.63) is 0 Å². The van der Waals surface area contributed by atoms with E-state index in [9.17, 15) is 4.79 Å². The highest BCUT2D eigenvalue weighted by Gasteiger charge is 2.05. The summed E-state index contributed by atoms with van der Waals surface area (Å²) >= 11 is 0. The van der Waals surface area contributed by atoms with Gasteiger partial charge >= 0.3 is 0 Å². The van der Waals surface area contributed by atoms with Gasteiger partial charge in [0.25, 0.3) is 0 Å². The molecule has 0 radical (unpaired) electrons. The van der Waals surface area contributed by atoms with Crippen molar-refractivity contribution in [1.29, 1.82) is 0 Å². The molecule has 0 fully saturated rings. The number of hydrogen-bond acceptors (Lipinski definition) is 2. The molecule has 14 heavy (non-hydrogen) atoms. The second kappa shape index (κ2) is 9.20. The summed E-state index contributed by atoms with van der Waals surface area (Å²) in [6, 6.07) is 0. The highest BCUT2D eigenvalue weighted by atomic mass is 16.1. The smallest absolute Gasteiger partial charge is 0.135 e. The van der Waals surface area contributed by atoms with E-state index in [1.165, 1.54) is 19.3 Å². The molecule has 0 aromatic heterocycles. The first-order valence-corrected chi connectivity index (χ1v) is 5.92. The standard InChI is InChI=1S/C12H25NO/c1-4-13-10-8-6-5-7-9-12(14)11(2)3/h11,13H,4-10H2,1-3H3. The van der Waals surface area contributed by atoms with Crippen molar-refractivity contribution in [2.45, 2.75) is 52.9 Å². The third kappa shape index (κ3) is 8.24. The monoisotopic (exact) mass is 199 g/mol. The molecule has 84 valence electrons. The molecule has 0 bridgehead atoms. The summed E-state index contributed by atoms with van der Waals surface area (Å²) in [5, 5.41) is 3.30. The topological polar surface area (TPSA) is 29.1 Å². The van der Waals surface area contributed by atoms with Crippen LogP contribution in [0.2, 0.25) is 0 Å². The van der Waals surface area contributed by atoms with E-state index >= 15 is 0 Å². The highest BCUT2D eigenvalue weighted by Crippen LogP contribution is 2.07. The van der Waals surface area contributed by atoms with Gasteiger partial charge in [-0.2, -0.15) is 0 Å². The average molecular weight is 199 g/mol. The molecule has 2 heteroatoms. The molecule has 0 unspecified atom stereocenters. The van der Waals surface area contributed by atoms with E-state index in [1.54, 1.807) is 0 Å². The van der Waals surface area contributed by atoms with Crippen LogP contribution in [-0.2, 0) is 4.79 Å². The van der Waals surface area contributed by atoms with Crippen molar-refractivity contribution in [3.63, 3.8) is 0 Å². The molecule has 0 spiro atoms. The third-order valence-corrected chi connectivity index (χ3v) is 2.42. The number of nitrogens with one attached hydrogen (secondary N) is 1. The molecular weight excluding hydrogens is 174 g/mol. The summed E-state index contributed by atoms with van der Waals surface area (Å²) in [7, 11) is 0. The summed E-state index contributed by atoms with van der Waals surface area (Å²) < 4.78 is 0. The van der Waals surface area contributed by atoms with Crippen LogP contribution in [0.15, 0.2) is 0 Å². The molecule has 0 atom stereocenters. The fraction of sp³-hybridized carbons (Fsp3) is 0.917. The molecule has 0 amide bonds. The van der Waals surface area contributed by atoms with Crippen LogP contribution in [0, 0.1) is 5.92 Å². The second-order valence-corrected chi connectivity index (χ2v) is 4.14. The van der Waals surface area contributed by atoms with Crippen molar-refractivity contribution < 1.29 is 4.79 Å². The largest absolute Gasteiger partial charge is 0.317 e. The number of carbonyl (C=O) groups excluding carboxylic acids is 1. The van der Waals surface area contributed by atoms with Crippen LogP contribution in [0.4, 0.5) is 0 Å². The van der Waals surface area contributed by atoms with Crippen molar-refractivity contribution >= 4 is 5.78 Å². The molecule has 0 aromatic carbocycles. The molecule has 1 N–H and O–H groups in total. The quantitative estimate of drug-likeness (QED) is 0.579. The Morgan fingerprint density at radius 3 is 2.36 bits per heavy atom. The first kappa shape index (κ1) is 13.6. The second-order valence-electron chi connectivity index (χ2n) is 4.14. The van der Waals surface area contributed by atoms with Crippen molar-refractivity contribution in [3.8, 4) is 0 Å². The van der Waals surface area contributed by atoms with E-state index in [0.717, 1.165) is 25.9 Å². The summed E-state index contributed by atoms with van der Waals surface area (Å²) in [6.45, 7) is 8.27. The van der Waals surface area contributed by atoms with Gasteiger partial charge in [-0.15, -0.1) is 0 Å². The molecule has 0 aliphatic heterocycles. The van der Waals surface area contributed by atoms with Gasteiger partial charge in [0, 0.05) is 12.3 Å². The normalized spacial score (nSPS) is 10.9. The Morgan fingerprint density at radius 2 is 1.79 bits per heavy atom. The number of rotatable bonds is 9. The zero-order chi connectivity index (χ0) is 10.8. The molecular formula is C12H25NO. The Kier molecular flexibility index (Phi) is 8.95. The van der Waals surface area contributed by atoms with Crippen molar-refractivity contribution in [2.24, 2.45) is 5.92 Å². The molecule has 0 saturated carbocycles. The number of hydrogen-bond donors (Lipinski definition) is 1. The van der Waals surface area contributed by atoms with E-state index < -0.39 is 0 Å². The summed E-state index contributed by atoms with van der Waals surface area (Å²) in [4.78, 5) is 11.3. The van der Waals surface area contributed by atoms with Gasteiger partial charge in [0.05, 0.1) is 0 Å². The minimum atomic E-state index is 0.219. The maximum absolute atomic E-state index is 11.3. The Bertz CT molecular complexity index is 143. The van der Waals surface area contributed by atoms with Gasteiger partial charge < -0.3 is 5.32 Å². The van der Waals surface area contributed by atoms with Gasteiger partial charge in [-0.1, -0.05) is 33.6 Å². The van der Waals surface area contributed by atoms with Crippen LogP contribution < -0.4 is 5.32 Å². The zero-order valence-electron chi connectivity index (χ0n) is 9.94. The number of carbonyl (C=O) groups is 1. The van der Waals surface area contributed by atoms with Crippen LogP contribution >= 0.6 is 0 Å². The number of unbranched alkanes of at least 4 members (excludes halogenated alkanes) is 3. The molecule has 2 nitrogen and oxygen atoms in total. The molecule has 0 saturated heterocycles. The Labute approximate surface area is 88.5 Å². The lowest BCUT2D eigenvalue weighted by atomic mass is 10.0. The minimum Gasteiger partial charge on any atom is -0.317 e. The number of ketones is 1. The first-order chi connectivity index (χ1) is 6.68. The van der Waals surface area contributed by atoms with Crippen LogP contribution in [0.5, 0.6) is 0 Å². The fourth-order valence-electron chi connectivity index (χ4n) is 1.37. The van der Waals surface area contributed by atoms with Crippen molar-refractivity contribution in [2.75, 3.05) is 13.1 Å². The lowest BCUT2D eigenvalue weighted by molar-refractivity contribution is -0.122. The predicted octanol–water partition coefficient (Wildman–Crippen LogP) is 2.77. The highest BCUT2D eigenvalue weighted by molar-refractivity contribution is 5.80. The maximum atomic E-state index is 11.3. The lowest BCUT2D eigenvalue weighted by Gasteiger charge is -2.04. The Hall–Kier alpha value is -0.370. The maximum Gasteiger partial charge on any atom is 0.135 e. The van der Waals surface area contributed by atoms with Crippen LogP contribution in [-0.4, -0.2) is 18.9 Å². The molecule has 0 aromatic rings. The first-order valence-electron chi connectivity index (χ1n) is 5.92. The summed E-state index contributed by atoms with van der Waals surface area (Å²) in [6.07, 6.45) is 5.54. The van der Waals surface area contributed by atoms with Gasteiger partial charge in [0.2, 0.25) is 0 Å². The third-order valence-electron chi connectivity index (χ3n) is 2.42. The lowest BCUT2D eigenvalue weighted by Crippen LogP contribution is -2.13. The van der Waals surface area contributed by atoms with Gasteiger partial charge in [-0.05, 0) is 25.9 Å². The number of Topliss-reactive ketones (excluding diaryl/α,β-unsaturated/α-hetero) is 1. The average Bonchev–Trinajstić information content (AvgIpc) is 2.16. The van der Waals surface area contributed by atoms with Gasteiger partial charge in [0.15, 0.2) is 0 Å². The van der Waals surface area contributed by atoms with Crippen molar-refractivity contribution in [1.82, 2.24) is 5.32 Å². The fourth-order valence-corrected chi connectivity index (χ4v) is 1.37. The zero-order valence-corrected chi connectivity index (χ0v) is 9.94. The SMILES string of the molecule is CCNCCCCCCC(=O)C(C)C. The van der Waals surface area contributed by atoms with Gasteiger partial charge in [0.1, 0.15) is 5.78 Å². The Balaban J connectivity index is 3.10. The van der Waals surface area contributed by atoms with Crippen LogP contribution in [0.25, 0.3) is 0 Å². The molecule has 0 aliphatic rings.